The van der Waals surface area contributed by atoms with Crippen LogP contribution in [0.2, 0.25) is 0 Å². The zero-order valence-corrected chi connectivity index (χ0v) is 14.9. The zero-order chi connectivity index (χ0) is 19.1. The van der Waals surface area contributed by atoms with Crippen molar-refractivity contribution in [1.29, 1.82) is 0 Å². The summed E-state index contributed by atoms with van der Waals surface area (Å²) in [5.74, 6) is 0.908. The van der Waals surface area contributed by atoms with Gasteiger partial charge < -0.3 is 9.64 Å². The normalized spacial score (nSPS) is 15.5. The van der Waals surface area contributed by atoms with Gasteiger partial charge in [0, 0.05) is 19.7 Å². The molecule has 3 nitrogen and oxygen atoms in total. The third-order valence-corrected chi connectivity index (χ3v) is 4.76. The first-order valence-electron chi connectivity index (χ1n) is 8.31. The van der Waals surface area contributed by atoms with E-state index in [2.05, 4.69) is 0 Å². The lowest BCUT2D eigenvalue weighted by molar-refractivity contribution is -0.160. The van der Waals surface area contributed by atoms with Gasteiger partial charge in [-0.1, -0.05) is 12.1 Å². The summed E-state index contributed by atoms with van der Waals surface area (Å²) < 4.78 is 45.5. The summed E-state index contributed by atoms with van der Waals surface area (Å²) in [5, 5.41) is 0. The quantitative estimate of drug-likeness (QED) is 0.758. The van der Waals surface area contributed by atoms with Crippen LogP contribution in [0.25, 0.3) is 0 Å². The summed E-state index contributed by atoms with van der Waals surface area (Å²) >= 11 is 0. The Morgan fingerprint density at radius 2 is 1.69 bits per heavy atom. The van der Waals surface area contributed by atoms with Gasteiger partial charge in [-0.2, -0.15) is 13.2 Å². The first kappa shape index (κ1) is 18.3. The number of carbonyl (C=O) groups excluding carboxylic acids is 1. The van der Waals surface area contributed by atoms with E-state index in [1.807, 2.05) is 0 Å². The highest BCUT2D eigenvalue weighted by Gasteiger charge is 2.64. The van der Waals surface area contributed by atoms with Crippen molar-refractivity contribution in [2.24, 2.45) is 0 Å². The number of rotatable bonds is 4. The molecule has 2 aromatic rings. The Hall–Kier alpha value is -2.50. The van der Waals surface area contributed by atoms with Crippen molar-refractivity contribution in [3.63, 3.8) is 0 Å². The smallest absolute Gasteiger partial charge is 0.398 e. The van der Waals surface area contributed by atoms with Crippen molar-refractivity contribution in [3.8, 4) is 11.5 Å². The largest absolute Gasteiger partial charge is 0.457 e. The maximum atomic E-state index is 13.3. The molecule has 0 bridgehead atoms. The lowest BCUT2D eigenvalue weighted by Gasteiger charge is -2.21. The highest BCUT2D eigenvalue weighted by Crippen LogP contribution is 2.59. The highest BCUT2D eigenvalue weighted by atomic mass is 19.4. The number of nitrogens with zero attached hydrogens (tertiary/aromatic N) is 1. The van der Waals surface area contributed by atoms with E-state index in [0.717, 1.165) is 0 Å². The van der Waals surface area contributed by atoms with Crippen LogP contribution in [0.4, 0.5) is 13.2 Å². The molecular formula is C20H20F3NO2. The minimum absolute atomic E-state index is 0.112. The molecule has 1 aliphatic carbocycles. The van der Waals surface area contributed by atoms with Gasteiger partial charge in [-0.15, -0.1) is 0 Å². The van der Waals surface area contributed by atoms with E-state index in [-0.39, 0.29) is 18.7 Å². The molecule has 1 saturated carbocycles. The SMILES string of the molecule is Cc1cc(C2(C(F)(F)F)CC2)ccc1Oc1ccc(C(=O)N(C)C)cc1. The number of carbonyl (C=O) groups is 1. The summed E-state index contributed by atoms with van der Waals surface area (Å²) in [6.07, 6.45) is -3.95. The fraction of sp³-hybridized carbons (Fsp3) is 0.350. The molecule has 1 fully saturated rings. The van der Waals surface area contributed by atoms with Crippen LogP contribution in [0.5, 0.6) is 11.5 Å². The fourth-order valence-electron chi connectivity index (χ4n) is 2.97. The second-order valence-electron chi connectivity index (χ2n) is 6.89. The van der Waals surface area contributed by atoms with Gasteiger partial charge in [0.1, 0.15) is 11.5 Å². The van der Waals surface area contributed by atoms with Crippen LogP contribution in [0.1, 0.15) is 34.3 Å². The molecule has 0 aromatic heterocycles. The molecule has 0 N–H and O–H groups in total. The molecule has 0 saturated heterocycles. The van der Waals surface area contributed by atoms with E-state index in [9.17, 15) is 18.0 Å². The minimum Gasteiger partial charge on any atom is -0.457 e. The number of ether oxygens (including phenoxy) is 1. The molecule has 3 rings (SSSR count). The molecule has 0 aliphatic heterocycles. The van der Waals surface area contributed by atoms with Crippen molar-refractivity contribution in [3.05, 3.63) is 59.2 Å². The van der Waals surface area contributed by atoms with Crippen molar-refractivity contribution < 1.29 is 22.7 Å². The average molecular weight is 363 g/mol. The molecule has 1 aliphatic rings. The Balaban J connectivity index is 1.78. The third-order valence-electron chi connectivity index (χ3n) is 4.76. The second kappa shape index (κ2) is 6.34. The van der Waals surface area contributed by atoms with Crippen LogP contribution in [0.3, 0.4) is 0 Å². The zero-order valence-electron chi connectivity index (χ0n) is 14.9. The fourth-order valence-corrected chi connectivity index (χ4v) is 2.97. The predicted molar refractivity (Wildman–Crippen MR) is 92.7 cm³/mol. The summed E-state index contributed by atoms with van der Waals surface area (Å²) in [4.78, 5) is 13.4. The van der Waals surface area contributed by atoms with E-state index >= 15 is 0 Å². The van der Waals surface area contributed by atoms with E-state index in [0.29, 0.717) is 28.2 Å². The van der Waals surface area contributed by atoms with Crippen LogP contribution in [0.15, 0.2) is 42.5 Å². The lowest BCUT2D eigenvalue weighted by atomic mass is 9.93. The minimum atomic E-state index is -4.23. The van der Waals surface area contributed by atoms with Gasteiger partial charge in [0.25, 0.3) is 5.91 Å². The Labute approximate surface area is 150 Å². The highest BCUT2D eigenvalue weighted by molar-refractivity contribution is 5.93. The first-order chi connectivity index (χ1) is 12.1. The number of amides is 1. The summed E-state index contributed by atoms with van der Waals surface area (Å²) in [7, 11) is 3.34. The van der Waals surface area contributed by atoms with Gasteiger partial charge in [-0.3, -0.25) is 4.79 Å². The number of halogens is 3. The lowest BCUT2D eigenvalue weighted by Crippen LogP contribution is -2.28. The second-order valence-corrected chi connectivity index (χ2v) is 6.89. The number of alkyl halides is 3. The van der Waals surface area contributed by atoms with Crippen LogP contribution in [0, 0.1) is 6.92 Å². The molecule has 0 spiro atoms. The Morgan fingerprint density at radius 3 is 2.15 bits per heavy atom. The molecule has 138 valence electrons. The van der Waals surface area contributed by atoms with Crippen molar-refractivity contribution >= 4 is 5.91 Å². The van der Waals surface area contributed by atoms with Crippen LogP contribution in [-0.4, -0.2) is 31.1 Å². The summed E-state index contributed by atoms with van der Waals surface area (Å²) in [6, 6.07) is 11.3. The monoisotopic (exact) mass is 363 g/mol. The van der Waals surface area contributed by atoms with Gasteiger partial charge >= 0.3 is 6.18 Å². The summed E-state index contributed by atoms with van der Waals surface area (Å²) in [5.41, 5.74) is -0.215. The first-order valence-corrected chi connectivity index (χ1v) is 8.31. The topological polar surface area (TPSA) is 29.5 Å². The molecule has 6 heteroatoms. The van der Waals surface area contributed by atoms with E-state index in [4.69, 9.17) is 4.74 Å². The average Bonchev–Trinajstić information content (AvgIpc) is 3.38. The predicted octanol–water partition coefficient (Wildman–Crippen LogP) is 5.08. The van der Waals surface area contributed by atoms with Gasteiger partial charge in [-0.25, -0.2) is 0 Å². The van der Waals surface area contributed by atoms with Crippen molar-refractivity contribution in [2.75, 3.05) is 14.1 Å². The molecule has 0 unspecified atom stereocenters. The number of hydrogen-bond donors (Lipinski definition) is 0. The molecular weight excluding hydrogens is 343 g/mol. The maximum absolute atomic E-state index is 13.3. The van der Waals surface area contributed by atoms with Crippen molar-refractivity contribution in [2.45, 2.75) is 31.4 Å². The van der Waals surface area contributed by atoms with E-state index in [1.54, 1.807) is 57.4 Å². The maximum Gasteiger partial charge on any atom is 0.398 e. The number of benzene rings is 2. The Kier molecular flexibility index (Phi) is 4.46. The Bertz CT molecular complexity index is 822. The van der Waals surface area contributed by atoms with Crippen LogP contribution < -0.4 is 4.74 Å². The van der Waals surface area contributed by atoms with Crippen LogP contribution >= 0.6 is 0 Å². The molecule has 0 heterocycles. The van der Waals surface area contributed by atoms with Crippen LogP contribution in [-0.2, 0) is 5.41 Å². The number of hydrogen-bond acceptors (Lipinski definition) is 2. The number of aryl methyl sites for hydroxylation is 1. The Morgan fingerprint density at radius 1 is 1.08 bits per heavy atom. The summed E-state index contributed by atoms with van der Waals surface area (Å²) in [6.45, 7) is 1.73. The molecule has 1 amide bonds. The molecule has 0 atom stereocenters. The standard InChI is InChI=1S/C20H20F3NO2/c1-13-12-15(19(10-11-19)20(21,22)23)6-9-17(13)26-16-7-4-14(5-8-16)18(25)24(2)3/h4-9,12H,10-11H2,1-3H3. The van der Waals surface area contributed by atoms with Gasteiger partial charge in [-0.05, 0) is 61.2 Å². The van der Waals surface area contributed by atoms with Gasteiger partial charge in [0.2, 0.25) is 0 Å². The van der Waals surface area contributed by atoms with Crippen molar-refractivity contribution in [1.82, 2.24) is 4.90 Å². The molecule has 26 heavy (non-hydrogen) atoms. The van der Waals surface area contributed by atoms with Gasteiger partial charge in [0.05, 0.1) is 5.41 Å². The third kappa shape index (κ3) is 3.28. The van der Waals surface area contributed by atoms with E-state index < -0.39 is 11.6 Å². The van der Waals surface area contributed by atoms with Gasteiger partial charge in [0.15, 0.2) is 0 Å². The van der Waals surface area contributed by atoms with E-state index in [1.165, 1.54) is 11.0 Å². The molecule has 2 aromatic carbocycles. The molecule has 0 radical (unpaired) electrons.